The van der Waals surface area contributed by atoms with Crippen molar-refractivity contribution in [1.29, 1.82) is 0 Å². The van der Waals surface area contributed by atoms with E-state index in [0.29, 0.717) is 0 Å². The second kappa shape index (κ2) is 18.7. The van der Waals surface area contributed by atoms with Crippen LogP contribution in [0.3, 0.4) is 0 Å². The van der Waals surface area contributed by atoms with Crippen LogP contribution in [-0.4, -0.2) is 9.68 Å². The van der Waals surface area contributed by atoms with Crippen LogP contribution in [0.15, 0.2) is 12.2 Å². The Bertz CT molecular complexity index is 221. The van der Waals surface area contributed by atoms with Crippen LogP contribution < -0.4 is 0 Å². The summed E-state index contributed by atoms with van der Waals surface area (Å²) >= 11 is -0.0126. The number of rotatable bonds is 16. The molecule has 0 spiro atoms. The first-order chi connectivity index (χ1) is 10.3. The normalized spacial score (nSPS) is 13.3. The van der Waals surface area contributed by atoms with Crippen LogP contribution in [0.2, 0.25) is 0 Å². The van der Waals surface area contributed by atoms with Crippen molar-refractivity contribution in [2.75, 3.05) is 0 Å². The molecule has 0 radical (unpaired) electrons. The Morgan fingerprint density at radius 1 is 0.810 bits per heavy atom. The molecule has 130 valence electrons. The zero-order valence-corrected chi connectivity index (χ0v) is 16.1. The number of hydrogen-bond donors (Lipinski definition) is 1. The molecule has 0 aliphatic rings. The van der Waals surface area contributed by atoms with Crippen molar-refractivity contribution in [2.45, 2.75) is 101 Å². The van der Waals surface area contributed by atoms with Crippen molar-refractivity contribution >= 4 is 9.53 Å². The van der Waals surface area contributed by atoms with Gasteiger partial charge in [0.05, 0.1) is 0 Å². The van der Waals surface area contributed by atoms with Gasteiger partial charge in [0.25, 0.3) is 0 Å². The molecule has 1 unspecified atom stereocenters. The molecule has 1 nitrogen and oxygen atoms in total. The van der Waals surface area contributed by atoms with Gasteiger partial charge in [0, 0.05) is 0 Å². The maximum absolute atomic E-state index is 9.34. The van der Waals surface area contributed by atoms with Gasteiger partial charge in [-0.05, 0) is 0 Å². The first kappa shape index (κ1) is 21.7. The summed E-state index contributed by atoms with van der Waals surface area (Å²) in [6, 6.07) is 0. The SMILES string of the molecule is CCCCCCCCC=CCCCCCCC[CH](O)[Pd][Cl]. The van der Waals surface area contributed by atoms with Crippen molar-refractivity contribution in [3.8, 4) is 0 Å². The van der Waals surface area contributed by atoms with E-state index in [9.17, 15) is 5.11 Å². The van der Waals surface area contributed by atoms with Crippen LogP contribution in [0.25, 0.3) is 0 Å². The Balaban J connectivity index is 3.08. The van der Waals surface area contributed by atoms with E-state index in [-0.39, 0.29) is 21.5 Å². The molecule has 0 aliphatic heterocycles. The van der Waals surface area contributed by atoms with Crippen molar-refractivity contribution in [1.82, 2.24) is 0 Å². The van der Waals surface area contributed by atoms with E-state index in [2.05, 4.69) is 19.1 Å². The summed E-state index contributed by atoms with van der Waals surface area (Å²) in [6.07, 6.45) is 22.8. The molecule has 0 saturated carbocycles. The Morgan fingerprint density at radius 2 is 1.29 bits per heavy atom. The van der Waals surface area contributed by atoms with Gasteiger partial charge >= 0.3 is 106 Å². The molecule has 1 N–H and O–H groups in total. The summed E-state index contributed by atoms with van der Waals surface area (Å²) in [5.74, 6) is 0. The van der Waals surface area contributed by atoms with Crippen molar-refractivity contribution < 1.29 is 22.1 Å². The van der Waals surface area contributed by atoms with Gasteiger partial charge in [-0.2, -0.15) is 0 Å². The Labute approximate surface area is 145 Å². The molecule has 0 amide bonds. The van der Waals surface area contributed by atoms with Gasteiger partial charge in [-0.25, -0.2) is 0 Å². The molecule has 0 aliphatic carbocycles. The van der Waals surface area contributed by atoms with Gasteiger partial charge in [-0.3, -0.25) is 0 Å². The Hall–Kier alpha value is 0.652. The van der Waals surface area contributed by atoms with Crippen LogP contribution >= 0.6 is 9.53 Å². The topological polar surface area (TPSA) is 20.2 Å². The summed E-state index contributed by atoms with van der Waals surface area (Å²) in [6.45, 7) is 2.27. The molecule has 0 saturated heterocycles. The Morgan fingerprint density at radius 3 is 1.81 bits per heavy atom. The molecule has 0 fully saturated rings. The second-order valence-electron chi connectivity index (χ2n) is 5.84. The molecule has 21 heavy (non-hydrogen) atoms. The van der Waals surface area contributed by atoms with Crippen molar-refractivity contribution in [3.63, 3.8) is 0 Å². The quantitative estimate of drug-likeness (QED) is 0.173. The van der Waals surface area contributed by atoms with Crippen molar-refractivity contribution in [3.05, 3.63) is 12.2 Å². The third-order valence-corrected chi connectivity index (χ3v) is 5.55. The van der Waals surface area contributed by atoms with E-state index in [1.807, 2.05) is 0 Å². The molecule has 1 atom stereocenters. The molecule has 3 heteroatoms. The second-order valence-corrected chi connectivity index (χ2v) is 8.03. The molecule has 0 aromatic carbocycles. The number of aliphatic hydroxyl groups excluding tert-OH is 1. The fourth-order valence-corrected chi connectivity index (χ4v) is 3.30. The number of halogens is 1. The molecule has 0 aromatic heterocycles. The van der Waals surface area contributed by atoms with Gasteiger partial charge in [0.2, 0.25) is 0 Å². The summed E-state index contributed by atoms with van der Waals surface area (Å²) in [7, 11) is 5.61. The average Bonchev–Trinajstić information content (AvgIpc) is 2.50. The third-order valence-electron chi connectivity index (χ3n) is 3.77. The monoisotopic (exact) mass is 408 g/mol. The summed E-state index contributed by atoms with van der Waals surface area (Å²) in [4.78, 5) is 0. The number of hydrogen-bond acceptors (Lipinski definition) is 1. The zero-order valence-electron chi connectivity index (χ0n) is 13.8. The number of allylic oxidation sites excluding steroid dienone is 2. The predicted octanol–water partition coefficient (Wildman–Crippen LogP) is 6.58. The van der Waals surface area contributed by atoms with Crippen LogP contribution in [0, 0.1) is 0 Å². The van der Waals surface area contributed by atoms with Crippen LogP contribution in [0.4, 0.5) is 0 Å². The van der Waals surface area contributed by atoms with E-state index >= 15 is 0 Å². The fraction of sp³-hybridized carbons (Fsp3) is 0.889. The maximum atomic E-state index is 9.34. The summed E-state index contributed by atoms with van der Waals surface area (Å²) in [5, 5.41) is 9.34. The van der Waals surface area contributed by atoms with Crippen LogP contribution in [0.1, 0.15) is 96.8 Å². The fourth-order valence-electron chi connectivity index (χ4n) is 2.41. The minimum absolute atomic E-state index is 0.0126. The van der Waals surface area contributed by atoms with Gasteiger partial charge in [-0.1, -0.05) is 39.0 Å². The van der Waals surface area contributed by atoms with E-state index in [1.165, 1.54) is 77.0 Å². The third kappa shape index (κ3) is 18.6. The molecular formula is C18H35ClOPd. The first-order valence-corrected chi connectivity index (χ1v) is 11.7. The number of unbranched alkanes of at least 4 members (excludes halogenated alkanes) is 11. The zero-order chi connectivity index (χ0) is 15.6. The molecule has 0 aromatic rings. The van der Waals surface area contributed by atoms with Gasteiger partial charge < -0.3 is 0 Å². The predicted molar refractivity (Wildman–Crippen MR) is 91.3 cm³/mol. The summed E-state index contributed by atoms with van der Waals surface area (Å²) in [5.41, 5.74) is 0. The first-order valence-electron chi connectivity index (χ1n) is 8.83. The minimum atomic E-state index is -0.245. The summed E-state index contributed by atoms with van der Waals surface area (Å²) < 4.78 is -0.245. The number of aliphatic hydroxyl groups is 1. The van der Waals surface area contributed by atoms with Crippen LogP contribution in [-0.2, 0) is 17.0 Å². The van der Waals surface area contributed by atoms with E-state index in [1.54, 1.807) is 0 Å². The van der Waals surface area contributed by atoms with Gasteiger partial charge in [-0.15, -0.1) is 0 Å². The standard InChI is InChI=1S/C18H35O.ClH.Pd/c1-2-3-4-5-6-7-8-9-10-11-12-13-14-15-16-17-18-19;;/h9-10,18-19H,2-8,11-17H2,1H3;1H;/q;;+1/p-1. The molecular weight excluding hydrogens is 374 g/mol. The molecule has 0 bridgehead atoms. The van der Waals surface area contributed by atoms with Gasteiger partial charge in [0.1, 0.15) is 0 Å². The van der Waals surface area contributed by atoms with Crippen molar-refractivity contribution in [2.24, 2.45) is 0 Å². The molecule has 0 rings (SSSR count). The van der Waals surface area contributed by atoms with Crippen LogP contribution in [0.5, 0.6) is 0 Å². The molecule has 0 heterocycles. The van der Waals surface area contributed by atoms with E-state index < -0.39 is 0 Å². The average molecular weight is 409 g/mol. The Kier molecular flexibility index (Phi) is 19.3. The van der Waals surface area contributed by atoms with Gasteiger partial charge in [0.15, 0.2) is 0 Å². The van der Waals surface area contributed by atoms with E-state index in [4.69, 9.17) is 9.53 Å². The van der Waals surface area contributed by atoms with E-state index in [0.717, 1.165) is 12.8 Å².